The zero-order valence-corrected chi connectivity index (χ0v) is 16.5. The lowest BCUT2D eigenvalue weighted by atomic mass is 10.00. The number of unbranched alkanes of at least 4 members (excludes halogenated alkanes) is 3. The summed E-state index contributed by atoms with van der Waals surface area (Å²) in [6, 6.07) is 7.05. The van der Waals surface area contributed by atoms with Crippen LogP contribution in [0.1, 0.15) is 32.6 Å². The van der Waals surface area contributed by atoms with E-state index in [-0.39, 0.29) is 0 Å². The molecule has 0 saturated carbocycles. The highest BCUT2D eigenvalue weighted by atomic mass is 127. The molecule has 0 unspecified atom stereocenters. The van der Waals surface area contributed by atoms with Gasteiger partial charge in [0.25, 0.3) is 0 Å². The van der Waals surface area contributed by atoms with Gasteiger partial charge in [-0.2, -0.15) is 0 Å². The molecule has 2 rings (SSSR count). The Labute approximate surface area is 162 Å². The van der Waals surface area contributed by atoms with Gasteiger partial charge in [-0.05, 0) is 30.7 Å². The van der Waals surface area contributed by atoms with Gasteiger partial charge in [0.15, 0.2) is 0 Å². The fourth-order valence-corrected chi connectivity index (χ4v) is 3.34. The van der Waals surface area contributed by atoms with Crippen LogP contribution in [0.25, 0.3) is 0 Å². The van der Waals surface area contributed by atoms with Gasteiger partial charge in [0, 0.05) is 4.43 Å². The summed E-state index contributed by atoms with van der Waals surface area (Å²) in [6.07, 6.45) is -0.742. The van der Waals surface area contributed by atoms with Crippen LogP contribution >= 0.6 is 22.6 Å². The first-order valence-corrected chi connectivity index (χ1v) is 10.2. The van der Waals surface area contributed by atoms with Crippen LogP contribution in [0.2, 0.25) is 0 Å². The molecule has 0 spiro atoms. The minimum Gasteiger partial charge on any atom is -0.494 e. The summed E-state index contributed by atoms with van der Waals surface area (Å²) in [5, 5.41) is 29.8. The Kier molecular flexibility index (Phi) is 8.71. The largest absolute Gasteiger partial charge is 0.494 e. The van der Waals surface area contributed by atoms with Crippen molar-refractivity contribution in [3.63, 3.8) is 0 Å². The second kappa shape index (κ2) is 10.5. The van der Waals surface area contributed by atoms with Crippen molar-refractivity contribution in [1.29, 1.82) is 0 Å². The van der Waals surface area contributed by atoms with Gasteiger partial charge in [0.1, 0.15) is 29.8 Å². The molecule has 1 aliphatic rings. The quantitative estimate of drug-likeness (QED) is 0.294. The van der Waals surface area contributed by atoms with E-state index in [0.29, 0.717) is 16.8 Å². The molecule has 1 saturated heterocycles. The predicted octanol–water partition coefficient (Wildman–Crippen LogP) is 2.27. The first-order chi connectivity index (χ1) is 12.1. The molecule has 1 aromatic rings. The maximum atomic E-state index is 10.0. The molecular weight excluding hydrogens is 439 g/mol. The minimum atomic E-state index is -1.32. The van der Waals surface area contributed by atoms with Gasteiger partial charge in [-0.15, -0.1) is 0 Å². The molecule has 1 heterocycles. The van der Waals surface area contributed by atoms with Crippen molar-refractivity contribution >= 4 is 22.6 Å². The van der Waals surface area contributed by atoms with Crippen LogP contribution in [0.3, 0.4) is 0 Å². The van der Waals surface area contributed by atoms with Gasteiger partial charge in [-0.1, -0.05) is 48.8 Å². The van der Waals surface area contributed by atoms with E-state index in [2.05, 4.69) is 29.5 Å². The predicted molar refractivity (Wildman–Crippen MR) is 102 cm³/mol. The van der Waals surface area contributed by atoms with Crippen molar-refractivity contribution in [1.82, 2.24) is 0 Å². The molecule has 25 heavy (non-hydrogen) atoms. The Balaban J connectivity index is 1.85. The van der Waals surface area contributed by atoms with E-state index < -0.39 is 30.7 Å². The van der Waals surface area contributed by atoms with Crippen LogP contribution in [-0.4, -0.2) is 57.1 Å². The maximum absolute atomic E-state index is 10.0. The van der Waals surface area contributed by atoms with Crippen LogP contribution < -0.4 is 9.47 Å². The van der Waals surface area contributed by atoms with Gasteiger partial charge in [0.2, 0.25) is 6.29 Å². The minimum absolute atomic E-state index is 0.480. The summed E-state index contributed by atoms with van der Waals surface area (Å²) in [4.78, 5) is 0. The third kappa shape index (κ3) is 5.96. The van der Waals surface area contributed by atoms with Gasteiger partial charge in [0.05, 0.1) is 12.7 Å². The number of halogens is 1. The van der Waals surface area contributed by atoms with E-state index in [0.717, 1.165) is 12.2 Å². The molecule has 0 aliphatic carbocycles. The third-order valence-corrected chi connectivity index (χ3v) is 5.03. The number of hydrogen-bond acceptors (Lipinski definition) is 6. The standard InChI is InChI=1S/C18H27IO6/c1-2-3-4-5-10-23-12-6-8-13(9-7-12)24-18-17(22)16(21)15(20)14(11-19)25-18/h6-9,14-18,20-22H,2-5,10-11H2,1H3/t14-,15+,16-,17-,18-/m1/s1. The molecule has 1 aromatic carbocycles. The van der Waals surface area contributed by atoms with Crippen molar-refractivity contribution in [2.24, 2.45) is 0 Å². The molecule has 0 amide bonds. The number of aliphatic hydroxyl groups excluding tert-OH is 3. The lowest BCUT2D eigenvalue weighted by molar-refractivity contribution is -0.266. The van der Waals surface area contributed by atoms with Gasteiger partial charge in [-0.25, -0.2) is 0 Å². The van der Waals surface area contributed by atoms with E-state index in [1.165, 1.54) is 19.3 Å². The SMILES string of the molecule is CCCCCCOc1ccc(O[C@@H]2O[C@H](CI)[C@H](O)[C@@H](O)[C@H]2O)cc1. The topological polar surface area (TPSA) is 88.4 Å². The van der Waals surface area contributed by atoms with Gasteiger partial charge < -0.3 is 29.5 Å². The number of rotatable bonds is 9. The molecule has 1 fully saturated rings. The van der Waals surface area contributed by atoms with Gasteiger partial charge in [-0.3, -0.25) is 0 Å². The van der Waals surface area contributed by atoms with Gasteiger partial charge >= 0.3 is 0 Å². The smallest absolute Gasteiger partial charge is 0.229 e. The molecule has 142 valence electrons. The Bertz CT molecular complexity index is 495. The Morgan fingerprint density at radius 2 is 1.64 bits per heavy atom. The Hall–Kier alpha value is -0.610. The molecule has 3 N–H and O–H groups in total. The zero-order valence-electron chi connectivity index (χ0n) is 14.4. The summed E-state index contributed by atoms with van der Waals surface area (Å²) in [5.74, 6) is 1.26. The van der Waals surface area contributed by atoms with E-state index in [1.54, 1.807) is 24.3 Å². The van der Waals surface area contributed by atoms with Crippen LogP contribution in [0.15, 0.2) is 24.3 Å². The third-order valence-electron chi connectivity index (χ3n) is 4.16. The summed E-state index contributed by atoms with van der Waals surface area (Å²) in [7, 11) is 0. The Morgan fingerprint density at radius 3 is 2.28 bits per heavy atom. The summed E-state index contributed by atoms with van der Waals surface area (Å²) in [5.41, 5.74) is 0. The van der Waals surface area contributed by atoms with Crippen molar-refractivity contribution in [2.75, 3.05) is 11.0 Å². The molecule has 5 atom stereocenters. The van der Waals surface area contributed by atoms with E-state index in [9.17, 15) is 15.3 Å². The van der Waals surface area contributed by atoms with E-state index in [4.69, 9.17) is 14.2 Å². The first-order valence-electron chi connectivity index (χ1n) is 8.72. The second-order valence-corrected chi connectivity index (χ2v) is 7.05. The molecule has 1 aliphatic heterocycles. The number of aliphatic hydroxyl groups is 3. The molecule has 7 heteroatoms. The lowest BCUT2D eigenvalue weighted by Crippen LogP contribution is -2.59. The fraction of sp³-hybridized carbons (Fsp3) is 0.667. The second-order valence-electron chi connectivity index (χ2n) is 6.17. The van der Waals surface area contributed by atoms with E-state index in [1.807, 2.05) is 0 Å². The van der Waals surface area contributed by atoms with Crippen molar-refractivity contribution in [2.45, 2.75) is 63.3 Å². The van der Waals surface area contributed by atoms with Crippen LogP contribution in [0, 0.1) is 0 Å². The summed E-state index contributed by atoms with van der Waals surface area (Å²) >= 11 is 2.06. The summed E-state index contributed by atoms with van der Waals surface area (Å²) in [6.45, 7) is 2.86. The molecule has 0 bridgehead atoms. The van der Waals surface area contributed by atoms with E-state index >= 15 is 0 Å². The van der Waals surface area contributed by atoms with Crippen molar-refractivity contribution < 1.29 is 29.5 Å². The molecule has 0 aromatic heterocycles. The Morgan fingerprint density at radius 1 is 0.960 bits per heavy atom. The summed E-state index contributed by atoms with van der Waals surface area (Å²) < 4.78 is 17.3. The van der Waals surface area contributed by atoms with Crippen molar-refractivity contribution in [3.05, 3.63) is 24.3 Å². The zero-order chi connectivity index (χ0) is 18.2. The first kappa shape index (κ1) is 20.7. The number of hydrogen-bond donors (Lipinski definition) is 3. The fourth-order valence-electron chi connectivity index (χ4n) is 2.61. The van der Waals surface area contributed by atoms with Crippen LogP contribution in [-0.2, 0) is 4.74 Å². The maximum Gasteiger partial charge on any atom is 0.229 e. The normalized spacial score (nSPS) is 29.4. The number of benzene rings is 1. The highest BCUT2D eigenvalue weighted by Gasteiger charge is 2.44. The molecule has 0 radical (unpaired) electrons. The van der Waals surface area contributed by atoms with Crippen LogP contribution in [0.5, 0.6) is 11.5 Å². The monoisotopic (exact) mass is 466 g/mol. The van der Waals surface area contributed by atoms with Crippen LogP contribution in [0.4, 0.5) is 0 Å². The highest BCUT2D eigenvalue weighted by molar-refractivity contribution is 14.1. The van der Waals surface area contributed by atoms with Crippen molar-refractivity contribution in [3.8, 4) is 11.5 Å². The lowest BCUT2D eigenvalue weighted by Gasteiger charge is -2.39. The molecule has 6 nitrogen and oxygen atoms in total. The highest BCUT2D eigenvalue weighted by Crippen LogP contribution is 2.26. The molecular formula is C18H27IO6. The number of ether oxygens (including phenoxy) is 3. The number of alkyl halides is 1. The average Bonchev–Trinajstić information content (AvgIpc) is 2.63. The average molecular weight is 466 g/mol.